The molecule has 3 amide bonds. The van der Waals surface area contributed by atoms with E-state index in [-0.39, 0.29) is 17.4 Å². The maximum absolute atomic E-state index is 12.7. The maximum Gasteiger partial charge on any atom is 0.294 e. The van der Waals surface area contributed by atoms with Gasteiger partial charge in [-0.2, -0.15) is 0 Å². The third-order valence-corrected chi connectivity index (χ3v) is 6.04. The number of amides is 3. The van der Waals surface area contributed by atoms with Crippen LogP contribution in [0, 0.1) is 6.92 Å². The molecule has 1 aromatic carbocycles. The molecule has 0 atom stereocenters. The second-order valence-corrected chi connectivity index (χ2v) is 8.35. The Kier molecular flexibility index (Phi) is 5.99. The highest BCUT2D eigenvalue weighted by Gasteiger charge is 2.37. The van der Waals surface area contributed by atoms with E-state index in [2.05, 4.69) is 0 Å². The number of rotatable bonds is 4. The van der Waals surface area contributed by atoms with Crippen molar-refractivity contribution in [3.05, 3.63) is 51.6 Å². The molecule has 0 aliphatic carbocycles. The summed E-state index contributed by atoms with van der Waals surface area (Å²) in [6.45, 7) is 3.52. The zero-order valence-corrected chi connectivity index (χ0v) is 17.8. The summed E-state index contributed by atoms with van der Waals surface area (Å²) in [5, 5.41) is 0.130. The first-order valence-corrected chi connectivity index (χ1v) is 10.6. The Labute approximate surface area is 182 Å². The fourth-order valence-electron chi connectivity index (χ4n) is 3.25. The van der Waals surface area contributed by atoms with Crippen LogP contribution < -0.4 is 0 Å². The lowest BCUT2D eigenvalue weighted by Crippen LogP contribution is -2.46. The number of nitrogens with zero attached hydrogens (tertiary/aromatic N) is 2. The van der Waals surface area contributed by atoms with Gasteiger partial charge in [0.1, 0.15) is 18.1 Å². The van der Waals surface area contributed by atoms with Gasteiger partial charge in [-0.25, -0.2) is 0 Å². The average Bonchev–Trinajstić information content (AvgIpc) is 3.30. The fraction of sp³-hybridized carbons (Fsp3) is 0.286. The van der Waals surface area contributed by atoms with Crippen molar-refractivity contribution < 1.29 is 23.5 Å². The van der Waals surface area contributed by atoms with E-state index in [0.29, 0.717) is 42.8 Å². The van der Waals surface area contributed by atoms with Crippen LogP contribution in [0.25, 0.3) is 17.4 Å². The molecule has 30 heavy (non-hydrogen) atoms. The van der Waals surface area contributed by atoms with Crippen LogP contribution in [0.4, 0.5) is 4.79 Å². The molecule has 2 saturated heterocycles. The third-order valence-electron chi connectivity index (χ3n) is 4.90. The molecule has 0 saturated carbocycles. The van der Waals surface area contributed by atoms with Crippen molar-refractivity contribution in [3.8, 4) is 11.3 Å². The summed E-state index contributed by atoms with van der Waals surface area (Å²) in [6, 6.07) is 9.03. The Hall–Kier alpha value is -2.55. The van der Waals surface area contributed by atoms with Crippen molar-refractivity contribution in [1.82, 2.24) is 9.80 Å². The lowest BCUT2D eigenvalue weighted by atomic mass is 10.1. The van der Waals surface area contributed by atoms with Crippen LogP contribution in [-0.4, -0.2) is 59.7 Å². The first kappa shape index (κ1) is 20.7. The number of halogens is 1. The van der Waals surface area contributed by atoms with E-state index in [9.17, 15) is 14.4 Å². The average molecular weight is 447 g/mol. The Morgan fingerprint density at radius 2 is 1.97 bits per heavy atom. The monoisotopic (exact) mass is 446 g/mol. The summed E-state index contributed by atoms with van der Waals surface area (Å²) in [5.74, 6) is 0.291. The molecule has 0 bridgehead atoms. The smallest absolute Gasteiger partial charge is 0.294 e. The van der Waals surface area contributed by atoms with Gasteiger partial charge in [-0.1, -0.05) is 17.7 Å². The van der Waals surface area contributed by atoms with Crippen LogP contribution in [-0.2, 0) is 14.3 Å². The Morgan fingerprint density at radius 3 is 2.73 bits per heavy atom. The fourth-order valence-corrected chi connectivity index (χ4v) is 4.24. The lowest BCUT2D eigenvalue weighted by Gasteiger charge is -2.27. The number of ether oxygens (including phenoxy) is 1. The largest absolute Gasteiger partial charge is 0.457 e. The molecular weight excluding hydrogens is 428 g/mol. The van der Waals surface area contributed by atoms with Crippen molar-refractivity contribution in [2.24, 2.45) is 0 Å². The van der Waals surface area contributed by atoms with Crippen molar-refractivity contribution >= 4 is 46.5 Å². The molecule has 1 aromatic heterocycles. The maximum atomic E-state index is 12.7. The number of aryl methyl sites for hydroxylation is 1. The van der Waals surface area contributed by atoms with Gasteiger partial charge in [0.2, 0.25) is 5.91 Å². The van der Waals surface area contributed by atoms with Gasteiger partial charge in [0.25, 0.3) is 11.1 Å². The molecule has 0 unspecified atom stereocenters. The van der Waals surface area contributed by atoms with E-state index < -0.39 is 11.1 Å². The van der Waals surface area contributed by atoms with E-state index >= 15 is 0 Å². The predicted molar refractivity (Wildman–Crippen MR) is 114 cm³/mol. The molecule has 0 radical (unpaired) electrons. The Bertz CT molecular complexity index is 1040. The standard InChI is InChI=1S/C21H19ClN2O5S/c1-13-2-3-14(22)10-16(13)17-5-4-15(29-17)11-18-20(26)24(21(27)30-18)12-19(25)23-6-8-28-9-7-23/h2-5,10-11H,6-9,12H2,1H3/b18-11+. The van der Waals surface area contributed by atoms with Gasteiger partial charge in [-0.05, 0) is 48.5 Å². The normalized spacial score (nSPS) is 18.5. The number of hydrogen-bond acceptors (Lipinski definition) is 6. The Balaban J connectivity index is 1.49. The topological polar surface area (TPSA) is 80.1 Å². The molecule has 2 aliphatic rings. The van der Waals surface area contributed by atoms with Crippen LogP contribution >= 0.6 is 23.4 Å². The number of benzene rings is 1. The SMILES string of the molecule is Cc1ccc(Cl)cc1-c1ccc(/C=C2/SC(=O)N(CC(=O)N3CCOCC3)C2=O)o1. The summed E-state index contributed by atoms with van der Waals surface area (Å²) >= 11 is 6.88. The number of morpholine rings is 1. The van der Waals surface area contributed by atoms with Gasteiger partial charge in [0.05, 0.1) is 18.1 Å². The van der Waals surface area contributed by atoms with Crippen molar-refractivity contribution in [2.75, 3.05) is 32.8 Å². The molecule has 3 heterocycles. The van der Waals surface area contributed by atoms with Crippen LogP contribution in [0.1, 0.15) is 11.3 Å². The van der Waals surface area contributed by atoms with E-state index in [1.54, 1.807) is 23.1 Å². The minimum absolute atomic E-state index is 0.221. The molecule has 2 aliphatic heterocycles. The molecule has 7 nitrogen and oxygen atoms in total. The molecule has 4 rings (SSSR count). The van der Waals surface area contributed by atoms with Gasteiger partial charge in [-0.3, -0.25) is 19.3 Å². The van der Waals surface area contributed by atoms with Crippen LogP contribution in [0.2, 0.25) is 5.02 Å². The molecule has 2 aromatic rings. The molecular formula is C21H19ClN2O5S. The molecule has 156 valence electrons. The summed E-state index contributed by atoms with van der Waals surface area (Å²) in [6.07, 6.45) is 1.52. The van der Waals surface area contributed by atoms with Gasteiger partial charge < -0.3 is 14.1 Å². The molecule has 2 fully saturated rings. The van der Waals surface area contributed by atoms with Crippen molar-refractivity contribution in [3.63, 3.8) is 0 Å². The summed E-state index contributed by atoms with van der Waals surface area (Å²) < 4.78 is 11.1. The first-order chi connectivity index (χ1) is 14.4. The van der Waals surface area contributed by atoms with Crippen LogP contribution in [0.3, 0.4) is 0 Å². The summed E-state index contributed by atoms with van der Waals surface area (Å²) in [4.78, 5) is 40.2. The number of thioether (sulfide) groups is 1. The number of carbonyl (C=O) groups is 3. The number of imide groups is 1. The van der Waals surface area contributed by atoms with E-state index in [4.69, 9.17) is 20.8 Å². The molecule has 0 N–H and O–H groups in total. The second-order valence-electron chi connectivity index (χ2n) is 6.92. The third kappa shape index (κ3) is 4.30. The van der Waals surface area contributed by atoms with E-state index in [1.165, 1.54) is 6.08 Å². The van der Waals surface area contributed by atoms with Crippen LogP contribution in [0.15, 0.2) is 39.7 Å². The second kappa shape index (κ2) is 8.67. The summed E-state index contributed by atoms with van der Waals surface area (Å²) in [5.41, 5.74) is 1.86. The van der Waals surface area contributed by atoms with E-state index in [0.717, 1.165) is 27.8 Å². The van der Waals surface area contributed by atoms with Crippen LogP contribution in [0.5, 0.6) is 0 Å². The van der Waals surface area contributed by atoms with Crippen molar-refractivity contribution in [2.45, 2.75) is 6.92 Å². The number of carbonyl (C=O) groups excluding carboxylic acids is 3. The highest BCUT2D eigenvalue weighted by Crippen LogP contribution is 2.34. The minimum atomic E-state index is -0.497. The minimum Gasteiger partial charge on any atom is -0.457 e. The van der Waals surface area contributed by atoms with Gasteiger partial charge in [0, 0.05) is 29.8 Å². The Morgan fingerprint density at radius 1 is 1.20 bits per heavy atom. The lowest BCUT2D eigenvalue weighted by molar-refractivity contribution is -0.139. The van der Waals surface area contributed by atoms with Gasteiger partial charge in [-0.15, -0.1) is 0 Å². The van der Waals surface area contributed by atoms with E-state index in [1.807, 2.05) is 19.1 Å². The first-order valence-electron chi connectivity index (χ1n) is 9.39. The quantitative estimate of drug-likeness (QED) is 0.664. The van der Waals surface area contributed by atoms with Crippen molar-refractivity contribution in [1.29, 1.82) is 0 Å². The van der Waals surface area contributed by atoms with Gasteiger partial charge in [0.15, 0.2) is 0 Å². The summed E-state index contributed by atoms with van der Waals surface area (Å²) in [7, 11) is 0. The highest BCUT2D eigenvalue weighted by atomic mass is 35.5. The zero-order chi connectivity index (χ0) is 21.3. The number of furan rings is 1. The highest BCUT2D eigenvalue weighted by molar-refractivity contribution is 8.18. The predicted octanol–water partition coefficient (Wildman–Crippen LogP) is 3.80. The van der Waals surface area contributed by atoms with Gasteiger partial charge >= 0.3 is 0 Å². The molecule has 0 spiro atoms. The molecule has 9 heteroatoms. The zero-order valence-electron chi connectivity index (χ0n) is 16.2. The number of hydrogen-bond donors (Lipinski definition) is 0.